The van der Waals surface area contributed by atoms with Crippen molar-refractivity contribution in [2.24, 2.45) is 0 Å². The number of ether oxygens (including phenoxy) is 2. The zero-order chi connectivity index (χ0) is 18.7. The van der Waals surface area contributed by atoms with Crippen LogP contribution in [0.5, 0.6) is 5.75 Å². The average molecular weight is 360 g/mol. The Labute approximate surface area is 152 Å². The molecule has 1 fully saturated rings. The van der Waals surface area contributed by atoms with Gasteiger partial charge in [-0.25, -0.2) is 0 Å². The van der Waals surface area contributed by atoms with E-state index in [9.17, 15) is 20.4 Å². The van der Waals surface area contributed by atoms with Gasteiger partial charge < -0.3 is 29.9 Å². The van der Waals surface area contributed by atoms with Gasteiger partial charge in [0.25, 0.3) is 0 Å². The summed E-state index contributed by atoms with van der Waals surface area (Å²) in [7, 11) is 0. The van der Waals surface area contributed by atoms with E-state index in [1.165, 1.54) is 5.56 Å². The first-order chi connectivity index (χ1) is 12.5. The van der Waals surface area contributed by atoms with Crippen LogP contribution >= 0.6 is 0 Å². The third-order valence-electron chi connectivity index (χ3n) is 4.58. The van der Waals surface area contributed by atoms with E-state index in [0.29, 0.717) is 12.2 Å². The van der Waals surface area contributed by atoms with Crippen LogP contribution in [-0.2, 0) is 11.2 Å². The van der Waals surface area contributed by atoms with Crippen LogP contribution in [0.25, 0.3) is 0 Å². The Balaban J connectivity index is 1.78. The molecule has 4 N–H and O–H groups in total. The first-order valence-electron chi connectivity index (χ1n) is 8.60. The van der Waals surface area contributed by atoms with Gasteiger partial charge in [0.1, 0.15) is 30.2 Å². The van der Waals surface area contributed by atoms with Crippen molar-refractivity contribution < 1.29 is 29.9 Å². The van der Waals surface area contributed by atoms with Crippen molar-refractivity contribution >= 4 is 0 Å². The molecule has 5 unspecified atom stereocenters. The van der Waals surface area contributed by atoms with Crippen molar-refractivity contribution in [1.29, 1.82) is 0 Å². The molecule has 0 spiro atoms. The zero-order valence-electron chi connectivity index (χ0n) is 14.5. The topological polar surface area (TPSA) is 99.4 Å². The molecule has 1 aliphatic heterocycles. The molecule has 6 nitrogen and oxygen atoms in total. The second-order valence-corrected chi connectivity index (χ2v) is 6.59. The summed E-state index contributed by atoms with van der Waals surface area (Å²) in [5, 5.41) is 39.2. The number of para-hydroxylation sites is 1. The summed E-state index contributed by atoms with van der Waals surface area (Å²) < 4.78 is 11.2. The monoisotopic (exact) mass is 360 g/mol. The maximum Gasteiger partial charge on any atom is 0.229 e. The average Bonchev–Trinajstić information content (AvgIpc) is 2.65. The fourth-order valence-corrected chi connectivity index (χ4v) is 2.98. The number of aliphatic hydroxyl groups excluding tert-OH is 4. The lowest BCUT2D eigenvalue weighted by Crippen LogP contribution is -2.60. The molecule has 1 aliphatic rings. The summed E-state index contributed by atoms with van der Waals surface area (Å²) in [6, 6.07) is 15.5. The summed E-state index contributed by atoms with van der Waals surface area (Å²) in [6.07, 6.45) is -5.85. The molecule has 0 radical (unpaired) electrons. The summed E-state index contributed by atoms with van der Waals surface area (Å²) in [5.74, 6) is 0.511. The van der Waals surface area contributed by atoms with Crippen LogP contribution in [0.15, 0.2) is 48.5 Å². The van der Waals surface area contributed by atoms with E-state index in [1.54, 1.807) is 12.1 Å². The van der Waals surface area contributed by atoms with Crippen molar-refractivity contribution in [3.63, 3.8) is 0 Å². The highest BCUT2D eigenvalue weighted by Gasteiger charge is 2.44. The van der Waals surface area contributed by atoms with Gasteiger partial charge in [-0.1, -0.05) is 48.0 Å². The van der Waals surface area contributed by atoms with Crippen LogP contribution in [0.2, 0.25) is 0 Å². The number of aliphatic hydroxyl groups is 4. The quantitative estimate of drug-likeness (QED) is 0.628. The minimum atomic E-state index is -1.46. The third-order valence-corrected chi connectivity index (χ3v) is 4.58. The van der Waals surface area contributed by atoms with Gasteiger partial charge in [-0.2, -0.15) is 0 Å². The fraction of sp³-hybridized carbons (Fsp3) is 0.400. The normalized spacial score (nSPS) is 28.7. The molecule has 26 heavy (non-hydrogen) atoms. The smallest absolute Gasteiger partial charge is 0.229 e. The standard InChI is InChI=1S/C20H24O6/c1-12-6-8-13(9-7-12)10-14-4-2-3-5-15(14)25-20-19(24)18(23)17(22)16(11-21)26-20/h2-9,16-24H,10-11H2,1H3. The molecular formula is C20H24O6. The molecule has 2 aromatic carbocycles. The fourth-order valence-electron chi connectivity index (χ4n) is 2.98. The van der Waals surface area contributed by atoms with Crippen LogP contribution in [0.1, 0.15) is 16.7 Å². The minimum Gasteiger partial charge on any atom is -0.462 e. The Morgan fingerprint density at radius 3 is 2.31 bits per heavy atom. The Morgan fingerprint density at radius 2 is 1.62 bits per heavy atom. The largest absolute Gasteiger partial charge is 0.462 e. The molecule has 0 amide bonds. The van der Waals surface area contributed by atoms with Crippen LogP contribution in [0, 0.1) is 6.92 Å². The van der Waals surface area contributed by atoms with E-state index in [0.717, 1.165) is 11.1 Å². The molecule has 6 heteroatoms. The zero-order valence-corrected chi connectivity index (χ0v) is 14.5. The van der Waals surface area contributed by atoms with Gasteiger partial charge in [0.15, 0.2) is 0 Å². The summed E-state index contributed by atoms with van der Waals surface area (Å²) in [5.41, 5.74) is 3.19. The number of benzene rings is 2. The van der Waals surface area contributed by atoms with E-state index < -0.39 is 37.3 Å². The first kappa shape index (κ1) is 18.8. The van der Waals surface area contributed by atoms with Crippen molar-refractivity contribution in [3.05, 3.63) is 65.2 Å². The van der Waals surface area contributed by atoms with Gasteiger partial charge in [0.2, 0.25) is 6.29 Å². The van der Waals surface area contributed by atoms with Gasteiger partial charge >= 0.3 is 0 Å². The predicted octanol–water partition coefficient (Wildman–Crippen LogP) is 0.765. The molecule has 5 atom stereocenters. The highest BCUT2D eigenvalue weighted by atomic mass is 16.7. The van der Waals surface area contributed by atoms with E-state index >= 15 is 0 Å². The van der Waals surface area contributed by atoms with E-state index in [2.05, 4.69) is 0 Å². The molecule has 140 valence electrons. The maximum atomic E-state index is 10.2. The van der Waals surface area contributed by atoms with Crippen LogP contribution in [0.3, 0.4) is 0 Å². The lowest BCUT2D eigenvalue weighted by Gasteiger charge is -2.39. The molecule has 2 aromatic rings. The molecule has 0 aromatic heterocycles. The minimum absolute atomic E-state index is 0.490. The Hall–Kier alpha value is -1.96. The number of aryl methyl sites for hydroxylation is 1. The third kappa shape index (κ3) is 4.06. The number of hydrogen-bond acceptors (Lipinski definition) is 6. The van der Waals surface area contributed by atoms with Gasteiger partial charge in [0.05, 0.1) is 6.61 Å². The Kier molecular flexibility index (Phi) is 5.90. The van der Waals surface area contributed by atoms with E-state index in [-0.39, 0.29) is 0 Å². The molecule has 1 saturated heterocycles. The van der Waals surface area contributed by atoms with Gasteiger partial charge in [0, 0.05) is 6.42 Å². The Morgan fingerprint density at radius 1 is 0.923 bits per heavy atom. The highest BCUT2D eigenvalue weighted by Crippen LogP contribution is 2.27. The second-order valence-electron chi connectivity index (χ2n) is 6.59. The molecule has 3 rings (SSSR count). The molecule has 0 saturated carbocycles. The van der Waals surface area contributed by atoms with Crippen LogP contribution in [-0.4, -0.2) is 57.7 Å². The van der Waals surface area contributed by atoms with Crippen molar-refractivity contribution in [2.45, 2.75) is 44.1 Å². The molecule has 0 bridgehead atoms. The van der Waals surface area contributed by atoms with Gasteiger partial charge in [-0.15, -0.1) is 0 Å². The lowest BCUT2D eigenvalue weighted by molar-refractivity contribution is -0.277. The Bertz CT molecular complexity index is 714. The number of rotatable bonds is 5. The lowest BCUT2D eigenvalue weighted by atomic mass is 9.99. The molecular weight excluding hydrogens is 336 g/mol. The van der Waals surface area contributed by atoms with E-state index in [1.807, 2.05) is 43.3 Å². The highest BCUT2D eigenvalue weighted by molar-refractivity contribution is 5.38. The predicted molar refractivity (Wildman–Crippen MR) is 94.8 cm³/mol. The van der Waals surface area contributed by atoms with Gasteiger partial charge in [-0.3, -0.25) is 0 Å². The second kappa shape index (κ2) is 8.16. The van der Waals surface area contributed by atoms with Crippen molar-refractivity contribution in [2.75, 3.05) is 6.61 Å². The van der Waals surface area contributed by atoms with Crippen LogP contribution < -0.4 is 4.74 Å². The molecule has 1 heterocycles. The molecule has 0 aliphatic carbocycles. The summed E-state index contributed by atoms with van der Waals surface area (Å²) >= 11 is 0. The first-order valence-corrected chi connectivity index (χ1v) is 8.60. The van der Waals surface area contributed by atoms with Gasteiger partial charge in [-0.05, 0) is 24.1 Å². The SMILES string of the molecule is Cc1ccc(Cc2ccccc2OC2OC(CO)C(O)C(O)C2O)cc1. The number of hydrogen-bond donors (Lipinski definition) is 4. The van der Waals surface area contributed by atoms with Crippen molar-refractivity contribution in [3.8, 4) is 5.75 Å². The summed E-state index contributed by atoms with van der Waals surface area (Å²) in [6.45, 7) is 1.54. The van der Waals surface area contributed by atoms with Crippen LogP contribution in [0.4, 0.5) is 0 Å². The summed E-state index contributed by atoms with van der Waals surface area (Å²) in [4.78, 5) is 0. The van der Waals surface area contributed by atoms with Crippen molar-refractivity contribution in [1.82, 2.24) is 0 Å². The maximum absolute atomic E-state index is 10.2. The van der Waals surface area contributed by atoms with E-state index in [4.69, 9.17) is 9.47 Å².